The van der Waals surface area contributed by atoms with E-state index in [0.717, 1.165) is 12.2 Å². The van der Waals surface area contributed by atoms with E-state index in [2.05, 4.69) is 0 Å². The summed E-state index contributed by atoms with van der Waals surface area (Å²) < 4.78 is 140. The van der Waals surface area contributed by atoms with E-state index < -0.39 is 86.3 Å². The minimum atomic E-state index is -3.23. The first-order valence-electron chi connectivity index (χ1n) is 8.65. The number of hydrogen-bond donors (Lipinski definition) is 0. The molecule has 0 aromatic heterocycles. The van der Waals surface area contributed by atoms with Crippen LogP contribution in [0.25, 0.3) is 5.57 Å². The molecule has 166 valence electrons. The lowest BCUT2D eigenvalue weighted by Gasteiger charge is -2.20. The molecule has 1 aromatic rings. The molecule has 2 aliphatic carbocycles. The molecule has 0 saturated carbocycles. The molecule has 31 heavy (non-hydrogen) atoms. The number of halogens is 10. The van der Waals surface area contributed by atoms with Gasteiger partial charge in [0.15, 0.2) is 52.7 Å². The van der Waals surface area contributed by atoms with Gasteiger partial charge < -0.3 is 0 Å². The van der Waals surface area contributed by atoms with Crippen LogP contribution in [0.4, 0.5) is 43.9 Å². The summed E-state index contributed by atoms with van der Waals surface area (Å²) in [4.78, 5) is 0. The zero-order chi connectivity index (χ0) is 23.6. The molecule has 0 amide bonds. The van der Waals surface area contributed by atoms with E-state index in [-0.39, 0.29) is 5.57 Å². The Bertz CT molecular complexity index is 1130. The van der Waals surface area contributed by atoms with E-state index in [9.17, 15) is 43.9 Å². The van der Waals surface area contributed by atoms with Crippen LogP contribution in [-0.2, 0) is 0 Å². The molecular weight excluding hydrogens is 442 g/mol. The maximum absolute atomic E-state index is 14.5. The van der Waals surface area contributed by atoms with Crippen LogP contribution in [-0.4, -0.2) is 6.17 Å². The Morgan fingerprint density at radius 1 is 0.645 bits per heavy atom. The Labute approximate surface area is 169 Å². The topological polar surface area (TPSA) is 0 Å². The van der Waals surface area contributed by atoms with Crippen LogP contribution in [0.5, 0.6) is 0 Å². The van der Waals surface area contributed by atoms with Crippen LogP contribution < -0.4 is 0 Å². The van der Waals surface area contributed by atoms with E-state index >= 15 is 0 Å². The molecule has 0 saturated heterocycles. The fraction of sp³-hybridized carbons (Fsp3) is 0.238. The van der Waals surface area contributed by atoms with Crippen molar-refractivity contribution in [2.45, 2.75) is 26.9 Å². The molecule has 3 rings (SSSR count). The predicted molar refractivity (Wildman–Crippen MR) is 92.2 cm³/mol. The average Bonchev–Trinajstić information content (AvgIpc) is 3.13. The van der Waals surface area contributed by atoms with Crippen LogP contribution in [0.2, 0.25) is 0 Å². The van der Waals surface area contributed by atoms with Crippen molar-refractivity contribution in [2.75, 3.05) is 0 Å². The lowest BCUT2D eigenvalue weighted by Crippen LogP contribution is -2.16. The summed E-state index contributed by atoms with van der Waals surface area (Å²) in [6.45, 7) is 4.62. The summed E-state index contributed by atoms with van der Waals surface area (Å²) in [7, 11) is 0. The molecule has 0 heterocycles. The highest BCUT2D eigenvalue weighted by Crippen LogP contribution is 2.48. The van der Waals surface area contributed by atoms with Gasteiger partial charge in [0.05, 0.1) is 5.56 Å². The molecule has 0 radical (unpaired) electrons. The monoisotopic (exact) mass is 454 g/mol. The molecular formula is C21H12F10. The van der Waals surface area contributed by atoms with E-state index in [1.54, 1.807) is 20.8 Å². The van der Waals surface area contributed by atoms with Gasteiger partial charge in [0, 0.05) is 5.57 Å². The van der Waals surface area contributed by atoms with Crippen LogP contribution >= 0.6 is 0 Å². The largest absolute Gasteiger partial charge is 0.234 e. The van der Waals surface area contributed by atoms with E-state index in [1.807, 2.05) is 0 Å². The summed E-state index contributed by atoms with van der Waals surface area (Å²) in [6.07, 6.45) is -1.46. The Kier molecular flexibility index (Phi) is 5.48. The van der Waals surface area contributed by atoms with Gasteiger partial charge in [-0.2, -0.15) is 0 Å². The maximum Gasteiger partial charge on any atom is 0.200 e. The Morgan fingerprint density at radius 2 is 1.13 bits per heavy atom. The molecule has 0 bridgehead atoms. The van der Waals surface area contributed by atoms with Crippen LogP contribution in [0.1, 0.15) is 26.3 Å². The fourth-order valence-electron chi connectivity index (χ4n) is 3.14. The second kappa shape index (κ2) is 7.42. The van der Waals surface area contributed by atoms with Crippen molar-refractivity contribution in [1.82, 2.24) is 0 Å². The molecule has 0 N–H and O–H groups in total. The highest BCUT2D eigenvalue weighted by atomic mass is 19.2. The van der Waals surface area contributed by atoms with Gasteiger partial charge in [0.2, 0.25) is 5.82 Å². The Hall–Kier alpha value is -2.78. The van der Waals surface area contributed by atoms with Gasteiger partial charge in [-0.05, 0) is 28.2 Å². The second-order valence-electron chi connectivity index (χ2n) is 7.83. The molecule has 0 spiro atoms. The quantitative estimate of drug-likeness (QED) is 0.232. The summed E-state index contributed by atoms with van der Waals surface area (Å²) in [5.41, 5.74) is -5.64. The van der Waals surface area contributed by atoms with Crippen molar-refractivity contribution in [3.63, 3.8) is 0 Å². The minimum Gasteiger partial charge on any atom is -0.234 e. The number of hydrogen-bond acceptors (Lipinski definition) is 0. The van der Waals surface area contributed by atoms with E-state index in [0.29, 0.717) is 0 Å². The zero-order valence-electron chi connectivity index (χ0n) is 16.0. The van der Waals surface area contributed by atoms with Crippen molar-refractivity contribution in [3.05, 3.63) is 86.8 Å². The highest BCUT2D eigenvalue weighted by Gasteiger charge is 2.41. The summed E-state index contributed by atoms with van der Waals surface area (Å²) in [5, 5.41) is 0. The number of benzene rings is 1. The molecule has 1 aromatic carbocycles. The van der Waals surface area contributed by atoms with Crippen LogP contribution in [0, 0.1) is 34.5 Å². The second-order valence-corrected chi connectivity index (χ2v) is 7.83. The van der Waals surface area contributed by atoms with E-state index in [1.165, 1.54) is 0 Å². The van der Waals surface area contributed by atoms with Crippen molar-refractivity contribution >= 4 is 5.57 Å². The highest BCUT2D eigenvalue weighted by molar-refractivity contribution is 5.90. The summed E-state index contributed by atoms with van der Waals surface area (Å²) in [5.74, 6) is -21.1. The smallest absolute Gasteiger partial charge is 0.200 e. The van der Waals surface area contributed by atoms with Gasteiger partial charge in [0.25, 0.3) is 0 Å². The predicted octanol–water partition coefficient (Wildman–Crippen LogP) is 7.70. The molecule has 10 heteroatoms. The van der Waals surface area contributed by atoms with Crippen molar-refractivity contribution in [2.24, 2.45) is 5.41 Å². The van der Waals surface area contributed by atoms with Gasteiger partial charge in [-0.25, -0.2) is 43.9 Å². The third-order valence-corrected chi connectivity index (χ3v) is 4.83. The Balaban J connectivity index is 2.44. The molecule has 1 atom stereocenters. The zero-order valence-corrected chi connectivity index (χ0v) is 16.0. The normalized spacial score (nSPS) is 22.4. The first-order chi connectivity index (χ1) is 14.2. The van der Waals surface area contributed by atoms with Crippen LogP contribution in [0.3, 0.4) is 0 Å². The molecule has 0 nitrogen and oxygen atoms in total. The lowest BCUT2D eigenvalue weighted by molar-refractivity contribution is 0.321. The number of rotatable bonds is 1. The average molecular weight is 454 g/mol. The van der Waals surface area contributed by atoms with Crippen molar-refractivity contribution in [3.8, 4) is 0 Å². The van der Waals surface area contributed by atoms with E-state index in [4.69, 9.17) is 0 Å². The summed E-state index contributed by atoms with van der Waals surface area (Å²) in [6, 6.07) is 0. The lowest BCUT2D eigenvalue weighted by atomic mass is 9.87. The molecule has 1 unspecified atom stereocenters. The maximum atomic E-state index is 14.5. The van der Waals surface area contributed by atoms with Crippen LogP contribution in [0.15, 0.2) is 52.2 Å². The Morgan fingerprint density at radius 3 is 1.61 bits per heavy atom. The standard InChI is InChI=1S/C21H12F10/c1-21(2,3)6-4-7(9-11(22)15(26)19(30)16(27)12(9)23)8(5-6)10-13(24)17(28)20(31)18(29)14(10)25/h4-5,11H,1-3H3/b9-7-. The molecule has 2 aliphatic rings. The molecule has 0 fully saturated rings. The van der Waals surface area contributed by atoms with Gasteiger partial charge in [-0.1, -0.05) is 26.8 Å². The third kappa shape index (κ3) is 3.41. The van der Waals surface area contributed by atoms with Crippen molar-refractivity contribution < 1.29 is 43.9 Å². The van der Waals surface area contributed by atoms with Gasteiger partial charge in [-0.15, -0.1) is 0 Å². The summed E-state index contributed by atoms with van der Waals surface area (Å²) >= 11 is 0. The first kappa shape index (κ1) is 22.9. The molecule has 0 aliphatic heterocycles. The third-order valence-electron chi connectivity index (χ3n) is 4.83. The van der Waals surface area contributed by atoms with Crippen molar-refractivity contribution in [1.29, 1.82) is 0 Å². The minimum absolute atomic E-state index is 0.0878. The van der Waals surface area contributed by atoms with Gasteiger partial charge in [-0.3, -0.25) is 0 Å². The van der Waals surface area contributed by atoms with Gasteiger partial charge >= 0.3 is 0 Å². The number of allylic oxidation sites excluding steroid dienone is 10. The SMILES string of the molecule is CC(C)(C)C1=C/C(=C2/C(F)=C(F)C(F)=C(F)C2F)C(c2c(F)c(F)c(F)c(F)c2F)=C1. The number of alkyl halides is 1. The fourth-order valence-corrected chi connectivity index (χ4v) is 3.14. The first-order valence-corrected chi connectivity index (χ1v) is 8.65. The van der Waals surface area contributed by atoms with Gasteiger partial charge in [0.1, 0.15) is 0 Å².